The Kier molecular flexibility index (Phi) is 5.98. The van der Waals surface area contributed by atoms with Crippen LogP contribution < -0.4 is 10.2 Å². The second-order valence-electron chi connectivity index (χ2n) is 6.34. The number of aromatic nitrogens is 1. The Hall–Kier alpha value is -3.42. The third-order valence-corrected chi connectivity index (χ3v) is 4.44. The predicted molar refractivity (Wildman–Crippen MR) is 102 cm³/mol. The van der Waals surface area contributed by atoms with Crippen molar-refractivity contribution in [3.05, 3.63) is 53.7 Å². The quantitative estimate of drug-likeness (QED) is 0.896. The highest BCUT2D eigenvalue weighted by atomic mass is 16.2. The van der Waals surface area contributed by atoms with Crippen LogP contribution in [0.5, 0.6) is 0 Å². The fourth-order valence-electron chi connectivity index (χ4n) is 3.15. The molecular weight excluding hydrogens is 340 g/mol. The van der Waals surface area contributed by atoms with Gasteiger partial charge >= 0.3 is 0 Å². The Morgan fingerprint density at radius 2 is 2.00 bits per heavy atom. The molecule has 1 aliphatic heterocycles. The molecular formula is C20H20N6O. The fourth-order valence-corrected chi connectivity index (χ4v) is 3.15. The molecule has 0 bridgehead atoms. The highest BCUT2D eigenvalue weighted by molar-refractivity contribution is 5.92. The van der Waals surface area contributed by atoms with Crippen LogP contribution in [0.3, 0.4) is 0 Å². The van der Waals surface area contributed by atoms with Gasteiger partial charge in [-0.1, -0.05) is 6.07 Å². The van der Waals surface area contributed by atoms with Crippen LogP contribution in [-0.2, 0) is 4.79 Å². The smallest absolute Gasteiger partial charge is 0.238 e. The maximum Gasteiger partial charge on any atom is 0.238 e. The van der Waals surface area contributed by atoms with Crippen LogP contribution in [0, 0.1) is 22.7 Å². The van der Waals surface area contributed by atoms with Crippen molar-refractivity contribution < 1.29 is 4.79 Å². The highest BCUT2D eigenvalue weighted by Crippen LogP contribution is 2.18. The number of amides is 1. The first-order valence-electron chi connectivity index (χ1n) is 8.82. The van der Waals surface area contributed by atoms with Crippen LogP contribution in [0.4, 0.5) is 11.5 Å². The molecule has 1 aromatic heterocycles. The van der Waals surface area contributed by atoms with E-state index in [9.17, 15) is 10.1 Å². The SMILES string of the molecule is N#Cc1cccc(NC(=O)CN2CCCN(c3ncccc3C#N)CC2)c1. The molecule has 136 valence electrons. The lowest BCUT2D eigenvalue weighted by atomic mass is 10.2. The predicted octanol–water partition coefficient (Wildman–Crippen LogP) is 1.98. The molecule has 0 saturated carbocycles. The summed E-state index contributed by atoms with van der Waals surface area (Å²) in [6.45, 7) is 3.32. The van der Waals surface area contributed by atoms with Gasteiger partial charge in [0.25, 0.3) is 0 Å². The van der Waals surface area contributed by atoms with Gasteiger partial charge in [-0.15, -0.1) is 0 Å². The van der Waals surface area contributed by atoms with Crippen LogP contribution in [0.15, 0.2) is 42.6 Å². The summed E-state index contributed by atoms with van der Waals surface area (Å²) in [5.74, 6) is 0.605. The minimum absolute atomic E-state index is 0.103. The van der Waals surface area contributed by atoms with Crippen molar-refractivity contribution in [2.75, 3.05) is 42.9 Å². The molecule has 1 saturated heterocycles. The lowest BCUT2D eigenvalue weighted by molar-refractivity contribution is -0.117. The van der Waals surface area contributed by atoms with Crippen molar-refractivity contribution in [2.24, 2.45) is 0 Å². The van der Waals surface area contributed by atoms with Gasteiger partial charge in [-0.2, -0.15) is 10.5 Å². The molecule has 0 spiro atoms. The first kappa shape index (κ1) is 18.4. The largest absolute Gasteiger partial charge is 0.354 e. The van der Waals surface area contributed by atoms with Crippen molar-refractivity contribution in [3.8, 4) is 12.1 Å². The van der Waals surface area contributed by atoms with Crippen LogP contribution in [0.1, 0.15) is 17.5 Å². The molecule has 7 heteroatoms. The molecule has 1 N–H and O–H groups in total. The van der Waals surface area contributed by atoms with Gasteiger partial charge in [0.15, 0.2) is 0 Å². The van der Waals surface area contributed by atoms with Crippen LogP contribution in [-0.4, -0.2) is 48.5 Å². The number of hydrogen-bond donors (Lipinski definition) is 1. The van der Waals surface area contributed by atoms with Crippen LogP contribution in [0.25, 0.3) is 0 Å². The summed E-state index contributed by atoms with van der Waals surface area (Å²) in [4.78, 5) is 20.9. The second kappa shape index (κ2) is 8.79. The summed E-state index contributed by atoms with van der Waals surface area (Å²) in [5.41, 5.74) is 1.71. The first-order valence-corrected chi connectivity index (χ1v) is 8.82. The van der Waals surface area contributed by atoms with Crippen LogP contribution >= 0.6 is 0 Å². The number of hydrogen-bond acceptors (Lipinski definition) is 6. The molecule has 2 aromatic rings. The molecule has 0 radical (unpaired) electrons. The number of carbonyl (C=O) groups is 1. The third kappa shape index (κ3) is 4.81. The number of nitrogens with zero attached hydrogens (tertiary/aromatic N) is 5. The lowest BCUT2D eigenvalue weighted by Crippen LogP contribution is -2.36. The third-order valence-electron chi connectivity index (χ3n) is 4.44. The number of carbonyl (C=O) groups excluding carboxylic acids is 1. The molecule has 1 aromatic carbocycles. The molecule has 1 aliphatic rings. The number of nitriles is 2. The monoisotopic (exact) mass is 360 g/mol. The summed E-state index contributed by atoms with van der Waals surface area (Å²) < 4.78 is 0. The van der Waals surface area contributed by atoms with Gasteiger partial charge in [0.1, 0.15) is 11.9 Å². The van der Waals surface area contributed by atoms with Gasteiger partial charge in [0.05, 0.1) is 23.7 Å². The number of nitrogens with one attached hydrogen (secondary N) is 1. The second-order valence-corrected chi connectivity index (χ2v) is 6.34. The minimum atomic E-state index is -0.103. The van der Waals surface area contributed by atoms with Crippen molar-refractivity contribution in [3.63, 3.8) is 0 Å². The zero-order chi connectivity index (χ0) is 19.1. The molecule has 0 unspecified atom stereocenters. The van der Waals surface area contributed by atoms with E-state index in [0.29, 0.717) is 35.7 Å². The van der Waals surface area contributed by atoms with E-state index in [2.05, 4.69) is 32.2 Å². The standard InChI is InChI=1S/C20H20N6O/c21-13-16-4-1-6-18(12-16)24-19(27)15-25-8-3-9-26(11-10-25)20-17(14-22)5-2-7-23-20/h1-2,4-7,12H,3,8-11,15H2,(H,24,27). The Balaban J connectivity index is 1.57. The van der Waals surface area contributed by atoms with E-state index in [1.54, 1.807) is 42.6 Å². The fraction of sp³-hybridized carbons (Fsp3) is 0.300. The zero-order valence-electron chi connectivity index (χ0n) is 14.9. The summed E-state index contributed by atoms with van der Waals surface area (Å²) in [6, 6.07) is 14.7. The molecule has 0 aliphatic carbocycles. The molecule has 1 fully saturated rings. The summed E-state index contributed by atoms with van der Waals surface area (Å²) in [6.07, 6.45) is 2.58. The number of pyridine rings is 1. The van der Waals surface area contributed by atoms with Crippen LogP contribution in [0.2, 0.25) is 0 Å². The van der Waals surface area contributed by atoms with E-state index in [-0.39, 0.29) is 12.5 Å². The zero-order valence-corrected chi connectivity index (χ0v) is 14.9. The summed E-state index contributed by atoms with van der Waals surface area (Å²) >= 11 is 0. The Labute approximate surface area is 158 Å². The summed E-state index contributed by atoms with van der Waals surface area (Å²) in [7, 11) is 0. The van der Waals surface area contributed by atoms with Gasteiger partial charge in [-0.25, -0.2) is 4.98 Å². The van der Waals surface area contributed by atoms with Crippen molar-refractivity contribution in [2.45, 2.75) is 6.42 Å². The van der Waals surface area contributed by atoms with Gasteiger partial charge in [-0.05, 0) is 36.8 Å². The molecule has 27 heavy (non-hydrogen) atoms. The van der Waals surface area contributed by atoms with E-state index in [4.69, 9.17) is 5.26 Å². The van der Waals surface area contributed by atoms with Gasteiger partial charge in [0.2, 0.25) is 5.91 Å². The summed E-state index contributed by atoms with van der Waals surface area (Å²) in [5, 5.41) is 21.1. The topological polar surface area (TPSA) is 96.1 Å². The van der Waals surface area contributed by atoms with E-state index in [0.717, 1.165) is 19.5 Å². The molecule has 2 heterocycles. The van der Waals surface area contributed by atoms with Gasteiger partial charge < -0.3 is 10.2 Å². The van der Waals surface area contributed by atoms with Crippen molar-refractivity contribution in [1.29, 1.82) is 10.5 Å². The van der Waals surface area contributed by atoms with E-state index in [1.807, 2.05) is 0 Å². The number of anilines is 2. The Bertz CT molecular complexity index is 898. The normalized spacial score (nSPS) is 14.7. The molecule has 0 atom stereocenters. The maximum atomic E-state index is 12.3. The van der Waals surface area contributed by atoms with Gasteiger partial charge in [0, 0.05) is 38.1 Å². The average Bonchev–Trinajstić information content (AvgIpc) is 2.93. The van der Waals surface area contributed by atoms with E-state index < -0.39 is 0 Å². The average molecular weight is 360 g/mol. The van der Waals surface area contributed by atoms with Crippen molar-refractivity contribution in [1.82, 2.24) is 9.88 Å². The molecule has 7 nitrogen and oxygen atoms in total. The lowest BCUT2D eigenvalue weighted by Gasteiger charge is -2.23. The molecule has 1 amide bonds. The van der Waals surface area contributed by atoms with Crippen molar-refractivity contribution >= 4 is 17.4 Å². The number of benzene rings is 1. The first-order chi connectivity index (χ1) is 13.2. The minimum Gasteiger partial charge on any atom is -0.354 e. The van der Waals surface area contributed by atoms with E-state index in [1.165, 1.54) is 0 Å². The molecule has 3 rings (SSSR count). The Morgan fingerprint density at radius 3 is 2.81 bits per heavy atom. The Morgan fingerprint density at radius 1 is 1.11 bits per heavy atom. The maximum absolute atomic E-state index is 12.3. The highest BCUT2D eigenvalue weighted by Gasteiger charge is 2.19. The van der Waals surface area contributed by atoms with E-state index >= 15 is 0 Å². The number of rotatable bonds is 4. The van der Waals surface area contributed by atoms with Gasteiger partial charge in [-0.3, -0.25) is 9.69 Å².